The molecule has 0 bridgehead atoms. The van der Waals surface area contributed by atoms with Gasteiger partial charge in [-0.1, -0.05) is 37.3 Å². The van der Waals surface area contributed by atoms with Crippen LogP contribution >= 0.6 is 0 Å². The molecule has 3 unspecified atom stereocenters. The lowest BCUT2D eigenvalue weighted by Crippen LogP contribution is -2.45. The van der Waals surface area contributed by atoms with Crippen LogP contribution in [-0.2, 0) is 0 Å². The number of fused-ring (bicyclic) bond motifs is 3. The number of alkyl halides is 2. The Bertz CT molecular complexity index is 625. The van der Waals surface area contributed by atoms with Gasteiger partial charge in [0.15, 0.2) is 0 Å². The van der Waals surface area contributed by atoms with Gasteiger partial charge in [0.05, 0.1) is 5.71 Å². The quantitative estimate of drug-likeness (QED) is 0.840. The van der Waals surface area contributed by atoms with Crippen molar-refractivity contribution in [2.45, 2.75) is 24.8 Å². The minimum atomic E-state index is -2.72. The molecule has 3 atom stereocenters. The molecule has 1 aromatic carbocycles. The lowest BCUT2D eigenvalue weighted by Gasteiger charge is -2.22. The molecule has 0 radical (unpaired) electrons. The van der Waals surface area contributed by atoms with E-state index >= 15 is 0 Å². The number of nitrogens with zero attached hydrogens (tertiary/aromatic N) is 2. The van der Waals surface area contributed by atoms with Gasteiger partial charge in [0.2, 0.25) is 0 Å². The molecule has 1 spiro atoms. The van der Waals surface area contributed by atoms with Gasteiger partial charge in [0.1, 0.15) is 5.54 Å². The summed E-state index contributed by atoms with van der Waals surface area (Å²) in [4.78, 5) is 0. The maximum atomic E-state index is 14.4. The van der Waals surface area contributed by atoms with Gasteiger partial charge in [0.25, 0.3) is 5.92 Å². The highest BCUT2D eigenvalue weighted by atomic mass is 19.3. The topological polar surface area (TPSA) is 36.8 Å². The zero-order chi connectivity index (χ0) is 14.0. The minimum absolute atomic E-state index is 0.116. The minimum Gasteiger partial charge on any atom is -0.305 e. The summed E-state index contributed by atoms with van der Waals surface area (Å²) in [5.74, 6) is -3.04. The van der Waals surface area contributed by atoms with Crippen LogP contribution in [0.15, 0.2) is 40.5 Å². The Balaban J connectivity index is 1.83. The molecular formula is C15H15F2N3. The third kappa shape index (κ3) is 1.18. The van der Waals surface area contributed by atoms with Crippen molar-refractivity contribution in [1.82, 2.24) is 5.32 Å². The van der Waals surface area contributed by atoms with Gasteiger partial charge in [0, 0.05) is 30.5 Å². The van der Waals surface area contributed by atoms with Crippen molar-refractivity contribution >= 4 is 11.9 Å². The molecule has 3 nitrogen and oxygen atoms in total. The van der Waals surface area contributed by atoms with Crippen molar-refractivity contribution in [3.63, 3.8) is 0 Å². The maximum Gasteiger partial charge on any atom is 0.268 e. The summed E-state index contributed by atoms with van der Waals surface area (Å²) in [5.41, 5.74) is -0.319. The maximum absolute atomic E-state index is 14.4. The largest absolute Gasteiger partial charge is 0.305 e. The van der Waals surface area contributed by atoms with Gasteiger partial charge >= 0.3 is 0 Å². The SMILES string of the molecule is CC12C=NN=C(c3ccccc3)C1C21NCCC1(F)F. The van der Waals surface area contributed by atoms with E-state index in [4.69, 9.17) is 0 Å². The van der Waals surface area contributed by atoms with Crippen LogP contribution in [0.25, 0.3) is 0 Å². The van der Waals surface area contributed by atoms with Crippen LogP contribution in [-0.4, -0.2) is 29.9 Å². The second kappa shape index (κ2) is 3.52. The van der Waals surface area contributed by atoms with Crippen molar-refractivity contribution in [3.05, 3.63) is 35.9 Å². The molecule has 4 rings (SSSR count). The van der Waals surface area contributed by atoms with E-state index in [1.165, 1.54) is 0 Å². The standard InChI is InChI=1S/C15H15F2N3/c1-13-9-19-20-11(10-5-3-2-4-6-10)12(13)15(13)14(16,17)7-8-18-15/h2-6,9,12,18H,7-8H2,1H3. The Labute approximate surface area is 115 Å². The van der Waals surface area contributed by atoms with Gasteiger partial charge < -0.3 is 5.32 Å². The summed E-state index contributed by atoms with van der Waals surface area (Å²) >= 11 is 0. The van der Waals surface area contributed by atoms with E-state index in [9.17, 15) is 8.78 Å². The van der Waals surface area contributed by atoms with Gasteiger partial charge in [-0.25, -0.2) is 8.78 Å². The summed E-state index contributed by atoms with van der Waals surface area (Å²) in [6.07, 6.45) is 1.48. The molecule has 2 fully saturated rings. The second-order valence-electron chi connectivity index (χ2n) is 6.00. The zero-order valence-corrected chi connectivity index (χ0v) is 11.1. The normalized spacial score (nSPS) is 40.5. The molecule has 5 heteroatoms. The van der Waals surface area contributed by atoms with E-state index in [1.54, 1.807) is 6.21 Å². The predicted octanol–water partition coefficient (Wildman–Crippen LogP) is 2.48. The van der Waals surface area contributed by atoms with E-state index in [2.05, 4.69) is 15.5 Å². The van der Waals surface area contributed by atoms with Crippen molar-refractivity contribution in [2.75, 3.05) is 6.54 Å². The van der Waals surface area contributed by atoms with Crippen molar-refractivity contribution in [3.8, 4) is 0 Å². The molecule has 2 heterocycles. The molecule has 0 aromatic heterocycles. The lowest BCUT2D eigenvalue weighted by atomic mass is 9.99. The van der Waals surface area contributed by atoms with Gasteiger partial charge in [-0.05, 0) is 5.56 Å². The molecular weight excluding hydrogens is 260 g/mol. The van der Waals surface area contributed by atoms with Crippen LogP contribution in [0.1, 0.15) is 18.9 Å². The fourth-order valence-corrected chi connectivity index (χ4v) is 4.05. The van der Waals surface area contributed by atoms with Crippen LogP contribution in [0.4, 0.5) is 8.78 Å². The molecule has 2 aliphatic heterocycles. The van der Waals surface area contributed by atoms with Crippen LogP contribution in [0.5, 0.6) is 0 Å². The van der Waals surface area contributed by atoms with Gasteiger partial charge in [-0.2, -0.15) is 10.2 Å². The van der Waals surface area contributed by atoms with E-state index in [0.29, 0.717) is 12.3 Å². The van der Waals surface area contributed by atoms with Gasteiger partial charge in [-0.3, -0.25) is 0 Å². The monoisotopic (exact) mass is 275 g/mol. The number of hydrogen-bond acceptors (Lipinski definition) is 3. The van der Waals surface area contributed by atoms with E-state index in [0.717, 1.165) is 5.56 Å². The fraction of sp³-hybridized carbons (Fsp3) is 0.467. The molecule has 1 saturated carbocycles. The Kier molecular flexibility index (Phi) is 2.14. The summed E-state index contributed by atoms with van der Waals surface area (Å²) < 4.78 is 28.9. The van der Waals surface area contributed by atoms with E-state index < -0.39 is 16.9 Å². The first kappa shape index (κ1) is 12.1. The average Bonchev–Trinajstić information content (AvgIpc) is 2.85. The Hall–Kier alpha value is -1.62. The highest BCUT2D eigenvalue weighted by molar-refractivity contribution is 6.11. The predicted molar refractivity (Wildman–Crippen MR) is 73.4 cm³/mol. The number of nitrogens with one attached hydrogen (secondary N) is 1. The smallest absolute Gasteiger partial charge is 0.268 e. The molecule has 0 amide bonds. The van der Waals surface area contributed by atoms with Crippen LogP contribution in [0.2, 0.25) is 0 Å². The summed E-state index contributed by atoms with van der Waals surface area (Å²) in [5, 5.41) is 11.2. The Morgan fingerprint density at radius 1 is 1.25 bits per heavy atom. The third-order valence-corrected chi connectivity index (χ3v) is 5.05. The molecule has 1 saturated heterocycles. The van der Waals surface area contributed by atoms with Crippen molar-refractivity contribution < 1.29 is 8.78 Å². The number of hydrogen-bond donors (Lipinski definition) is 1. The third-order valence-electron chi connectivity index (χ3n) is 5.05. The van der Waals surface area contributed by atoms with Crippen LogP contribution in [0.3, 0.4) is 0 Å². The zero-order valence-electron chi connectivity index (χ0n) is 11.1. The number of benzene rings is 1. The lowest BCUT2D eigenvalue weighted by molar-refractivity contribution is -0.0308. The molecule has 104 valence electrons. The van der Waals surface area contributed by atoms with E-state index in [1.807, 2.05) is 37.3 Å². The first-order valence-corrected chi connectivity index (χ1v) is 6.83. The molecule has 1 N–H and O–H groups in total. The van der Waals surface area contributed by atoms with Gasteiger partial charge in [-0.15, -0.1) is 0 Å². The molecule has 3 aliphatic rings. The first-order chi connectivity index (χ1) is 9.53. The first-order valence-electron chi connectivity index (χ1n) is 6.83. The van der Waals surface area contributed by atoms with Crippen LogP contribution in [0, 0.1) is 11.3 Å². The highest BCUT2D eigenvalue weighted by Crippen LogP contribution is 2.71. The second-order valence-corrected chi connectivity index (χ2v) is 6.00. The summed E-state index contributed by atoms with van der Waals surface area (Å²) in [7, 11) is 0. The number of rotatable bonds is 1. The average molecular weight is 275 g/mol. The summed E-state index contributed by atoms with van der Waals surface area (Å²) in [6, 6.07) is 9.49. The Morgan fingerprint density at radius 3 is 2.65 bits per heavy atom. The van der Waals surface area contributed by atoms with Crippen LogP contribution < -0.4 is 5.32 Å². The fourth-order valence-electron chi connectivity index (χ4n) is 4.05. The molecule has 1 aliphatic carbocycles. The van der Waals surface area contributed by atoms with Crippen molar-refractivity contribution in [2.24, 2.45) is 21.5 Å². The van der Waals surface area contributed by atoms with Crippen molar-refractivity contribution in [1.29, 1.82) is 0 Å². The molecule has 1 aromatic rings. The molecule has 20 heavy (non-hydrogen) atoms. The Morgan fingerprint density at radius 2 is 2.00 bits per heavy atom. The summed E-state index contributed by atoms with van der Waals surface area (Å²) in [6.45, 7) is 2.19. The number of halogens is 2. The van der Waals surface area contributed by atoms with E-state index in [-0.39, 0.29) is 12.3 Å². The highest BCUT2D eigenvalue weighted by Gasteiger charge is 2.86.